The second-order valence-electron chi connectivity index (χ2n) is 5.02. The fraction of sp³-hybridized carbons (Fsp3) is 0.438. The zero-order valence-electron chi connectivity index (χ0n) is 12.9. The molecule has 0 amide bonds. The van der Waals surface area contributed by atoms with Crippen molar-refractivity contribution >= 4 is 0 Å². The van der Waals surface area contributed by atoms with Crippen LogP contribution in [0.3, 0.4) is 0 Å². The van der Waals surface area contributed by atoms with Gasteiger partial charge in [0.2, 0.25) is 0 Å². The Bertz CT molecular complexity index is 566. The van der Waals surface area contributed by atoms with Crippen LogP contribution < -0.4 is 10.1 Å². The van der Waals surface area contributed by atoms with Crippen LogP contribution in [0.4, 0.5) is 0 Å². The molecule has 1 aromatic carbocycles. The lowest BCUT2D eigenvalue weighted by Crippen LogP contribution is -2.18. The van der Waals surface area contributed by atoms with Crippen LogP contribution in [0.2, 0.25) is 0 Å². The largest absolute Gasteiger partial charge is 0.496 e. The van der Waals surface area contributed by atoms with E-state index in [9.17, 15) is 0 Å². The Morgan fingerprint density at radius 2 is 2.14 bits per heavy atom. The van der Waals surface area contributed by atoms with E-state index in [4.69, 9.17) is 9.47 Å². The van der Waals surface area contributed by atoms with Crippen molar-refractivity contribution in [2.75, 3.05) is 27.4 Å². The molecule has 5 heteroatoms. The molecule has 0 spiro atoms. The maximum absolute atomic E-state index is 5.41. The first kappa shape index (κ1) is 15.5. The van der Waals surface area contributed by atoms with Crippen LogP contribution in [0, 0.1) is 6.92 Å². The van der Waals surface area contributed by atoms with Gasteiger partial charge in [0.15, 0.2) is 0 Å². The third-order valence-corrected chi connectivity index (χ3v) is 3.26. The van der Waals surface area contributed by atoms with E-state index in [2.05, 4.69) is 40.1 Å². The van der Waals surface area contributed by atoms with Gasteiger partial charge >= 0.3 is 0 Å². The number of rotatable bonds is 8. The third-order valence-electron chi connectivity index (χ3n) is 3.26. The fourth-order valence-corrected chi connectivity index (χ4v) is 2.20. The highest BCUT2D eigenvalue weighted by atomic mass is 16.5. The van der Waals surface area contributed by atoms with Gasteiger partial charge in [-0.25, -0.2) is 4.98 Å². The Kier molecular flexibility index (Phi) is 5.78. The average molecular weight is 289 g/mol. The molecule has 0 saturated carbocycles. The third kappa shape index (κ3) is 4.58. The Morgan fingerprint density at radius 1 is 1.29 bits per heavy atom. The zero-order valence-corrected chi connectivity index (χ0v) is 12.9. The number of aryl methyl sites for hydroxylation is 1. The summed E-state index contributed by atoms with van der Waals surface area (Å²) >= 11 is 0. The van der Waals surface area contributed by atoms with Gasteiger partial charge in [-0.05, 0) is 13.0 Å². The van der Waals surface area contributed by atoms with Gasteiger partial charge in [-0.2, -0.15) is 0 Å². The smallest absolute Gasteiger partial charge is 0.123 e. The predicted molar refractivity (Wildman–Crippen MR) is 82.6 cm³/mol. The van der Waals surface area contributed by atoms with E-state index >= 15 is 0 Å². The summed E-state index contributed by atoms with van der Waals surface area (Å²) < 4.78 is 12.5. The molecule has 2 rings (SSSR count). The molecule has 0 aliphatic carbocycles. The number of ether oxygens (including phenoxy) is 2. The minimum atomic E-state index is 0.710. The van der Waals surface area contributed by atoms with Crippen molar-refractivity contribution in [3.63, 3.8) is 0 Å². The van der Waals surface area contributed by atoms with Crippen LogP contribution in [0.1, 0.15) is 16.8 Å². The molecular weight excluding hydrogens is 266 g/mol. The van der Waals surface area contributed by atoms with E-state index in [1.165, 1.54) is 5.56 Å². The SMILES string of the molecule is COCCNCc1cn(Cc2cc(C)ccc2OC)cn1. The Labute approximate surface area is 125 Å². The molecule has 0 atom stereocenters. The van der Waals surface area contributed by atoms with Gasteiger partial charge in [0.1, 0.15) is 5.75 Å². The van der Waals surface area contributed by atoms with Crippen molar-refractivity contribution in [2.24, 2.45) is 0 Å². The molecule has 0 unspecified atom stereocenters. The molecule has 21 heavy (non-hydrogen) atoms. The molecule has 0 aliphatic heterocycles. The number of hydrogen-bond acceptors (Lipinski definition) is 4. The molecule has 0 bridgehead atoms. The van der Waals surface area contributed by atoms with Crippen LogP contribution in [0.5, 0.6) is 5.75 Å². The van der Waals surface area contributed by atoms with Crippen LogP contribution in [0.15, 0.2) is 30.7 Å². The summed E-state index contributed by atoms with van der Waals surface area (Å²) in [6.07, 6.45) is 3.91. The van der Waals surface area contributed by atoms with Crippen LogP contribution >= 0.6 is 0 Å². The first-order valence-electron chi connectivity index (χ1n) is 7.06. The van der Waals surface area contributed by atoms with Crippen LogP contribution in [0.25, 0.3) is 0 Å². The summed E-state index contributed by atoms with van der Waals surface area (Å²) in [5, 5.41) is 3.29. The highest BCUT2D eigenvalue weighted by Crippen LogP contribution is 2.20. The van der Waals surface area contributed by atoms with E-state index in [0.717, 1.165) is 36.6 Å². The molecule has 0 fully saturated rings. The summed E-state index contributed by atoms with van der Waals surface area (Å²) in [5.74, 6) is 0.911. The van der Waals surface area contributed by atoms with E-state index < -0.39 is 0 Å². The molecule has 0 radical (unpaired) electrons. The Balaban J connectivity index is 1.97. The number of nitrogens with zero attached hydrogens (tertiary/aromatic N) is 2. The van der Waals surface area contributed by atoms with E-state index in [1.807, 2.05) is 12.4 Å². The Hall–Kier alpha value is -1.85. The van der Waals surface area contributed by atoms with E-state index in [0.29, 0.717) is 6.61 Å². The minimum Gasteiger partial charge on any atom is -0.496 e. The Morgan fingerprint density at radius 3 is 2.90 bits per heavy atom. The van der Waals surface area contributed by atoms with Crippen LogP contribution in [-0.4, -0.2) is 36.9 Å². The van der Waals surface area contributed by atoms with Crippen LogP contribution in [-0.2, 0) is 17.8 Å². The van der Waals surface area contributed by atoms with E-state index in [1.54, 1.807) is 14.2 Å². The lowest BCUT2D eigenvalue weighted by molar-refractivity contribution is 0.199. The first-order valence-corrected chi connectivity index (χ1v) is 7.06. The number of hydrogen-bond donors (Lipinski definition) is 1. The number of aromatic nitrogens is 2. The minimum absolute atomic E-state index is 0.710. The van der Waals surface area contributed by atoms with Gasteiger partial charge in [0.25, 0.3) is 0 Å². The van der Waals surface area contributed by atoms with E-state index in [-0.39, 0.29) is 0 Å². The molecule has 5 nitrogen and oxygen atoms in total. The van der Waals surface area contributed by atoms with Crippen molar-refractivity contribution in [3.8, 4) is 5.75 Å². The van der Waals surface area contributed by atoms with Crippen molar-refractivity contribution in [1.29, 1.82) is 0 Å². The second-order valence-corrected chi connectivity index (χ2v) is 5.02. The predicted octanol–water partition coefficient (Wildman–Crippen LogP) is 1.98. The summed E-state index contributed by atoms with van der Waals surface area (Å²) in [6, 6.07) is 6.21. The van der Waals surface area contributed by atoms with Gasteiger partial charge in [-0.1, -0.05) is 17.7 Å². The maximum atomic E-state index is 5.41. The number of methoxy groups -OCH3 is 2. The van der Waals surface area contributed by atoms with Crippen molar-refractivity contribution in [3.05, 3.63) is 47.5 Å². The number of benzene rings is 1. The molecule has 0 saturated heterocycles. The molecule has 1 heterocycles. The standard InChI is InChI=1S/C16H23N3O2/c1-13-4-5-16(21-3)14(8-13)10-19-11-15(18-12-19)9-17-6-7-20-2/h4-5,8,11-12,17H,6-7,9-10H2,1-3H3. The van der Waals surface area contributed by atoms with Gasteiger partial charge in [-0.15, -0.1) is 0 Å². The van der Waals surface area contributed by atoms with Gasteiger partial charge in [-0.3, -0.25) is 0 Å². The van der Waals surface area contributed by atoms with Crippen molar-refractivity contribution < 1.29 is 9.47 Å². The molecule has 1 aromatic heterocycles. The highest BCUT2D eigenvalue weighted by molar-refractivity contribution is 5.37. The second kappa shape index (κ2) is 7.81. The summed E-state index contributed by atoms with van der Waals surface area (Å²) in [7, 11) is 3.40. The molecule has 0 aliphatic rings. The topological polar surface area (TPSA) is 48.3 Å². The lowest BCUT2D eigenvalue weighted by Gasteiger charge is -2.10. The molecular formula is C16H23N3O2. The fourth-order valence-electron chi connectivity index (χ4n) is 2.20. The monoisotopic (exact) mass is 289 g/mol. The number of nitrogens with one attached hydrogen (secondary N) is 1. The average Bonchev–Trinajstić information content (AvgIpc) is 2.91. The zero-order chi connectivity index (χ0) is 15.1. The lowest BCUT2D eigenvalue weighted by atomic mass is 10.1. The normalized spacial score (nSPS) is 10.8. The van der Waals surface area contributed by atoms with Crippen molar-refractivity contribution in [1.82, 2.24) is 14.9 Å². The molecule has 2 aromatic rings. The summed E-state index contributed by atoms with van der Waals surface area (Å²) in [5.41, 5.74) is 3.42. The van der Waals surface area contributed by atoms with Gasteiger partial charge in [0, 0.05) is 32.0 Å². The highest BCUT2D eigenvalue weighted by Gasteiger charge is 2.05. The summed E-state index contributed by atoms with van der Waals surface area (Å²) in [4.78, 5) is 4.41. The number of imidazole rings is 1. The summed E-state index contributed by atoms with van der Waals surface area (Å²) in [6.45, 7) is 5.13. The quantitative estimate of drug-likeness (QED) is 0.755. The van der Waals surface area contributed by atoms with Gasteiger partial charge in [0.05, 0.1) is 32.3 Å². The molecule has 1 N–H and O–H groups in total. The van der Waals surface area contributed by atoms with Gasteiger partial charge < -0.3 is 19.4 Å². The molecule has 114 valence electrons. The first-order chi connectivity index (χ1) is 10.2. The van der Waals surface area contributed by atoms with Crippen molar-refractivity contribution in [2.45, 2.75) is 20.0 Å². The maximum Gasteiger partial charge on any atom is 0.123 e.